The topological polar surface area (TPSA) is 72.2 Å². The first-order chi connectivity index (χ1) is 9.80. The van der Waals surface area contributed by atoms with E-state index in [1.165, 1.54) is 12.1 Å². The van der Waals surface area contributed by atoms with Gasteiger partial charge in [0.25, 0.3) is 0 Å². The van der Waals surface area contributed by atoms with E-state index in [1.807, 2.05) is 6.26 Å². The number of rotatable bonds is 6. The van der Waals surface area contributed by atoms with Gasteiger partial charge in [0.15, 0.2) is 0 Å². The van der Waals surface area contributed by atoms with Gasteiger partial charge < -0.3 is 5.73 Å². The molecule has 0 saturated heterocycles. The van der Waals surface area contributed by atoms with E-state index in [9.17, 15) is 8.42 Å². The lowest BCUT2D eigenvalue weighted by molar-refractivity contribution is 0.362. The van der Waals surface area contributed by atoms with E-state index in [1.54, 1.807) is 17.8 Å². The molecule has 0 unspecified atom stereocenters. The molecule has 0 spiro atoms. The van der Waals surface area contributed by atoms with Crippen LogP contribution in [0.3, 0.4) is 0 Å². The van der Waals surface area contributed by atoms with Crippen molar-refractivity contribution in [2.45, 2.75) is 28.9 Å². The average molecular weight is 365 g/mol. The molecule has 0 amide bonds. The second-order valence-electron chi connectivity index (χ2n) is 5.07. The minimum atomic E-state index is -3.68. The van der Waals surface area contributed by atoms with Crippen LogP contribution in [-0.2, 0) is 10.0 Å². The number of benzene rings is 1. The fourth-order valence-corrected chi connectivity index (χ4v) is 4.97. The van der Waals surface area contributed by atoms with Crippen molar-refractivity contribution in [3.05, 3.63) is 28.8 Å². The Bertz CT molecular complexity index is 652. The predicted octanol–water partition coefficient (Wildman–Crippen LogP) is 2.54. The van der Waals surface area contributed by atoms with E-state index in [2.05, 4.69) is 4.72 Å². The van der Waals surface area contributed by atoms with Gasteiger partial charge in [-0.15, -0.1) is 0 Å². The SMILES string of the molecule is CSC1(CNS(=O)(=O)c2cc(C(N)=S)ccc2Cl)CCC1. The normalized spacial score (nSPS) is 17.2. The van der Waals surface area contributed by atoms with E-state index in [0.717, 1.165) is 19.3 Å². The Kier molecular flexibility index (Phi) is 5.20. The van der Waals surface area contributed by atoms with Crippen LogP contribution in [0, 0.1) is 0 Å². The van der Waals surface area contributed by atoms with Crippen LogP contribution in [0.4, 0.5) is 0 Å². The summed E-state index contributed by atoms with van der Waals surface area (Å²) in [5, 5.41) is 0.161. The molecule has 0 aromatic heterocycles. The van der Waals surface area contributed by atoms with Gasteiger partial charge in [0.2, 0.25) is 10.0 Å². The molecular weight excluding hydrogens is 348 g/mol. The lowest BCUT2D eigenvalue weighted by Crippen LogP contribution is -2.45. The highest BCUT2D eigenvalue weighted by molar-refractivity contribution is 8.00. The Morgan fingerprint density at radius 1 is 1.52 bits per heavy atom. The molecule has 1 saturated carbocycles. The van der Waals surface area contributed by atoms with Crippen molar-refractivity contribution in [3.8, 4) is 0 Å². The lowest BCUT2D eigenvalue weighted by Gasteiger charge is -2.40. The summed E-state index contributed by atoms with van der Waals surface area (Å²) in [4.78, 5) is 0.160. The summed E-state index contributed by atoms with van der Waals surface area (Å²) in [6.07, 6.45) is 5.20. The third-order valence-electron chi connectivity index (χ3n) is 3.79. The van der Waals surface area contributed by atoms with Crippen LogP contribution >= 0.6 is 35.6 Å². The fraction of sp³-hybridized carbons (Fsp3) is 0.462. The summed E-state index contributed by atoms with van der Waals surface area (Å²) in [5.74, 6) is 0. The van der Waals surface area contributed by atoms with Crippen LogP contribution in [0.1, 0.15) is 24.8 Å². The van der Waals surface area contributed by atoms with Crippen LogP contribution in [-0.4, -0.2) is 31.0 Å². The molecule has 0 radical (unpaired) electrons. The zero-order chi connectivity index (χ0) is 15.7. The van der Waals surface area contributed by atoms with E-state index in [4.69, 9.17) is 29.6 Å². The molecule has 116 valence electrons. The van der Waals surface area contributed by atoms with Crippen molar-refractivity contribution in [1.82, 2.24) is 4.72 Å². The summed E-state index contributed by atoms with van der Waals surface area (Å²) < 4.78 is 27.6. The molecule has 0 bridgehead atoms. The number of nitrogens with one attached hydrogen (secondary N) is 1. The van der Waals surface area contributed by atoms with Crippen molar-refractivity contribution < 1.29 is 8.42 Å². The Hall–Kier alpha value is -0.340. The standard InChI is InChI=1S/C13H17ClN2O2S3/c1-20-13(5-2-6-13)8-16-21(17,18)11-7-9(12(15)19)3-4-10(11)14/h3-4,7,16H,2,5-6,8H2,1H3,(H2,15,19). The Balaban J connectivity index is 2.23. The number of thioether (sulfide) groups is 1. The molecule has 1 aliphatic rings. The predicted molar refractivity (Wildman–Crippen MR) is 92.6 cm³/mol. The molecular formula is C13H17ClN2O2S3. The molecule has 1 fully saturated rings. The number of nitrogens with two attached hydrogens (primary N) is 1. The van der Waals surface area contributed by atoms with Crippen LogP contribution in [0.25, 0.3) is 0 Å². The molecule has 1 aromatic carbocycles. The molecule has 0 aliphatic heterocycles. The fourth-order valence-electron chi connectivity index (χ4n) is 2.19. The van der Waals surface area contributed by atoms with Gasteiger partial charge in [0.1, 0.15) is 9.88 Å². The second-order valence-corrected chi connectivity index (χ2v) is 8.93. The molecule has 3 N–H and O–H groups in total. The number of thiocarbonyl (C=S) groups is 1. The van der Waals surface area contributed by atoms with Gasteiger partial charge in [0.05, 0.1) is 5.02 Å². The van der Waals surface area contributed by atoms with E-state index in [-0.39, 0.29) is 19.7 Å². The second kappa shape index (κ2) is 6.42. The van der Waals surface area contributed by atoms with Crippen LogP contribution in [0.5, 0.6) is 0 Å². The van der Waals surface area contributed by atoms with Gasteiger partial charge in [-0.1, -0.05) is 36.3 Å². The molecule has 1 aromatic rings. The zero-order valence-corrected chi connectivity index (χ0v) is 14.8. The maximum Gasteiger partial charge on any atom is 0.242 e. The first kappa shape index (κ1) is 17.0. The van der Waals surface area contributed by atoms with E-state index >= 15 is 0 Å². The first-order valence-electron chi connectivity index (χ1n) is 6.44. The Morgan fingerprint density at radius 3 is 2.67 bits per heavy atom. The lowest BCUT2D eigenvalue weighted by atomic mass is 9.84. The summed E-state index contributed by atoms with van der Waals surface area (Å²) >= 11 is 12.6. The van der Waals surface area contributed by atoms with Gasteiger partial charge >= 0.3 is 0 Å². The maximum atomic E-state index is 12.4. The van der Waals surface area contributed by atoms with Crippen molar-refractivity contribution in [2.75, 3.05) is 12.8 Å². The zero-order valence-electron chi connectivity index (χ0n) is 11.6. The van der Waals surface area contributed by atoms with Crippen molar-refractivity contribution in [1.29, 1.82) is 0 Å². The van der Waals surface area contributed by atoms with Crippen LogP contribution in [0.2, 0.25) is 5.02 Å². The number of hydrogen-bond acceptors (Lipinski definition) is 4. The minimum absolute atomic E-state index is 0.0142. The monoisotopic (exact) mass is 364 g/mol. The molecule has 4 nitrogen and oxygen atoms in total. The molecule has 1 aliphatic carbocycles. The smallest absolute Gasteiger partial charge is 0.242 e. The van der Waals surface area contributed by atoms with Crippen LogP contribution in [0.15, 0.2) is 23.1 Å². The summed E-state index contributed by atoms with van der Waals surface area (Å²) in [7, 11) is -3.68. The first-order valence-corrected chi connectivity index (χ1v) is 9.93. The maximum absolute atomic E-state index is 12.4. The minimum Gasteiger partial charge on any atom is -0.389 e. The van der Waals surface area contributed by atoms with Gasteiger partial charge in [-0.2, -0.15) is 11.8 Å². The quantitative estimate of drug-likeness (QED) is 0.759. The Labute approximate surface area is 139 Å². The van der Waals surface area contributed by atoms with Crippen molar-refractivity contribution >= 4 is 50.6 Å². The van der Waals surface area contributed by atoms with Crippen molar-refractivity contribution in [2.24, 2.45) is 5.73 Å². The third-order valence-corrected chi connectivity index (χ3v) is 7.32. The van der Waals surface area contributed by atoms with Gasteiger partial charge in [-0.25, -0.2) is 13.1 Å². The summed E-state index contributed by atoms with van der Waals surface area (Å²) in [6, 6.07) is 4.52. The average Bonchev–Trinajstić information content (AvgIpc) is 2.38. The molecule has 21 heavy (non-hydrogen) atoms. The summed E-state index contributed by atoms with van der Waals surface area (Å²) in [6.45, 7) is 0.407. The van der Waals surface area contributed by atoms with Crippen LogP contribution < -0.4 is 10.5 Å². The van der Waals surface area contributed by atoms with E-state index < -0.39 is 10.0 Å². The number of sulfonamides is 1. The van der Waals surface area contributed by atoms with E-state index in [0.29, 0.717) is 12.1 Å². The summed E-state index contributed by atoms with van der Waals surface area (Å²) in [5.41, 5.74) is 6.03. The molecule has 2 rings (SSSR count). The Morgan fingerprint density at radius 2 is 2.19 bits per heavy atom. The van der Waals surface area contributed by atoms with Gasteiger partial charge in [-0.3, -0.25) is 0 Å². The van der Waals surface area contributed by atoms with Gasteiger partial charge in [0, 0.05) is 16.9 Å². The third kappa shape index (κ3) is 3.71. The molecule has 0 atom stereocenters. The molecule has 8 heteroatoms. The van der Waals surface area contributed by atoms with Gasteiger partial charge in [-0.05, 0) is 31.2 Å². The highest BCUT2D eigenvalue weighted by Crippen LogP contribution is 2.42. The highest BCUT2D eigenvalue weighted by Gasteiger charge is 2.37. The molecule has 0 heterocycles. The largest absolute Gasteiger partial charge is 0.389 e. The van der Waals surface area contributed by atoms with Crippen molar-refractivity contribution in [3.63, 3.8) is 0 Å². The number of halogens is 1. The highest BCUT2D eigenvalue weighted by atomic mass is 35.5. The number of hydrogen-bond donors (Lipinski definition) is 2.